The molecule has 0 nitrogen and oxygen atoms in total. The Labute approximate surface area is 165 Å². The minimum absolute atomic E-state index is 0.768. The second-order valence-electron chi connectivity index (χ2n) is 8.23. The fourth-order valence-electron chi connectivity index (χ4n) is 4.73. The molecule has 4 aromatic carbocycles. The van der Waals surface area contributed by atoms with Gasteiger partial charge in [0.05, 0.1) is 0 Å². The molecule has 2 unspecified atom stereocenters. The summed E-state index contributed by atoms with van der Waals surface area (Å²) in [7, 11) is 0. The summed E-state index contributed by atoms with van der Waals surface area (Å²) in [5, 5.41) is 5.32. The van der Waals surface area contributed by atoms with Crippen molar-refractivity contribution in [2.24, 2.45) is 11.8 Å². The van der Waals surface area contributed by atoms with E-state index in [2.05, 4.69) is 97.1 Å². The molecule has 0 radical (unpaired) electrons. The van der Waals surface area contributed by atoms with Crippen molar-refractivity contribution >= 4 is 27.1 Å². The van der Waals surface area contributed by atoms with Crippen LogP contribution in [0.15, 0.2) is 97.1 Å². The molecule has 1 saturated carbocycles. The molecule has 134 valence electrons. The Morgan fingerprint density at radius 1 is 0.714 bits per heavy atom. The SMILES string of the molecule is C1=CC2CC2C(c2ccc(Cc3ccc4ccc5ccccc5c4c3)cc2)=C1. The maximum Gasteiger partial charge on any atom is -0.00255 e. The average Bonchev–Trinajstić information content (AvgIpc) is 3.54. The largest absolute Gasteiger partial charge is 0.0808 e. The summed E-state index contributed by atoms with van der Waals surface area (Å²) >= 11 is 0. The number of benzene rings is 4. The van der Waals surface area contributed by atoms with Gasteiger partial charge in [-0.3, -0.25) is 0 Å². The molecule has 0 heteroatoms. The van der Waals surface area contributed by atoms with Gasteiger partial charge < -0.3 is 0 Å². The van der Waals surface area contributed by atoms with Gasteiger partial charge in [-0.1, -0.05) is 97.1 Å². The van der Waals surface area contributed by atoms with Crippen molar-refractivity contribution in [1.82, 2.24) is 0 Å². The van der Waals surface area contributed by atoms with Gasteiger partial charge in [-0.05, 0) is 68.5 Å². The van der Waals surface area contributed by atoms with Crippen LogP contribution in [-0.2, 0) is 6.42 Å². The molecule has 0 heterocycles. The van der Waals surface area contributed by atoms with Gasteiger partial charge in [-0.15, -0.1) is 0 Å². The lowest BCUT2D eigenvalue weighted by Crippen LogP contribution is -1.94. The van der Waals surface area contributed by atoms with E-state index >= 15 is 0 Å². The van der Waals surface area contributed by atoms with Crippen molar-refractivity contribution in [2.45, 2.75) is 12.8 Å². The van der Waals surface area contributed by atoms with Crippen molar-refractivity contribution in [3.63, 3.8) is 0 Å². The third kappa shape index (κ3) is 2.68. The highest BCUT2D eigenvalue weighted by molar-refractivity contribution is 6.07. The summed E-state index contributed by atoms with van der Waals surface area (Å²) in [5.41, 5.74) is 5.67. The van der Waals surface area contributed by atoms with Crippen LogP contribution >= 0.6 is 0 Å². The Morgan fingerprint density at radius 2 is 1.46 bits per heavy atom. The lowest BCUT2D eigenvalue weighted by Gasteiger charge is -2.11. The monoisotopic (exact) mass is 358 g/mol. The Hall–Kier alpha value is -3.12. The van der Waals surface area contributed by atoms with Gasteiger partial charge in [0.1, 0.15) is 0 Å². The molecule has 0 spiro atoms. The van der Waals surface area contributed by atoms with Crippen molar-refractivity contribution in [2.75, 3.05) is 0 Å². The smallest absolute Gasteiger partial charge is 0.00255 e. The van der Waals surface area contributed by atoms with E-state index < -0.39 is 0 Å². The van der Waals surface area contributed by atoms with Crippen molar-refractivity contribution in [1.29, 1.82) is 0 Å². The Balaban J connectivity index is 1.32. The highest BCUT2D eigenvalue weighted by Gasteiger charge is 2.39. The molecule has 0 saturated heterocycles. The van der Waals surface area contributed by atoms with Crippen molar-refractivity contribution in [3.05, 3.63) is 114 Å². The van der Waals surface area contributed by atoms with E-state index in [4.69, 9.17) is 0 Å². The van der Waals surface area contributed by atoms with Gasteiger partial charge in [0.25, 0.3) is 0 Å². The van der Waals surface area contributed by atoms with Crippen LogP contribution in [0.2, 0.25) is 0 Å². The predicted octanol–water partition coefficient (Wildman–Crippen LogP) is 7.17. The first-order chi connectivity index (χ1) is 13.8. The minimum atomic E-state index is 0.768. The Kier molecular flexibility index (Phi) is 3.52. The molecule has 0 bridgehead atoms. The normalized spacial score (nSPS) is 20.2. The molecular formula is C28H22. The van der Waals surface area contributed by atoms with Crippen LogP contribution in [0.1, 0.15) is 23.1 Å². The molecule has 0 N–H and O–H groups in total. The van der Waals surface area contributed by atoms with Gasteiger partial charge in [-0.25, -0.2) is 0 Å². The maximum atomic E-state index is 2.37. The first-order valence-electron chi connectivity index (χ1n) is 10.2. The Morgan fingerprint density at radius 3 is 2.36 bits per heavy atom. The van der Waals surface area contributed by atoms with E-state index in [0.29, 0.717) is 0 Å². The molecule has 0 aliphatic heterocycles. The van der Waals surface area contributed by atoms with Gasteiger partial charge in [0.2, 0.25) is 0 Å². The third-order valence-corrected chi connectivity index (χ3v) is 6.38. The van der Waals surface area contributed by atoms with Crippen molar-refractivity contribution < 1.29 is 0 Å². The first kappa shape index (κ1) is 15.9. The molecule has 1 fully saturated rings. The highest BCUT2D eigenvalue weighted by atomic mass is 14.4. The summed E-state index contributed by atoms with van der Waals surface area (Å²) in [6, 6.07) is 29.3. The summed E-state index contributed by atoms with van der Waals surface area (Å²) in [4.78, 5) is 0. The second-order valence-corrected chi connectivity index (χ2v) is 8.23. The van der Waals surface area contributed by atoms with Gasteiger partial charge in [-0.2, -0.15) is 0 Å². The van der Waals surface area contributed by atoms with Crippen LogP contribution < -0.4 is 0 Å². The van der Waals surface area contributed by atoms with E-state index in [0.717, 1.165) is 18.3 Å². The van der Waals surface area contributed by atoms with Crippen LogP contribution in [-0.4, -0.2) is 0 Å². The first-order valence-corrected chi connectivity index (χ1v) is 10.2. The van der Waals surface area contributed by atoms with Gasteiger partial charge in [0.15, 0.2) is 0 Å². The number of allylic oxidation sites excluding steroid dienone is 4. The van der Waals surface area contributed by atoms with Crippen LogP contribution in [0.3, 0.4) is 0 Å². The molecule has 2 aliphatic carbocycles. The van der Waals surface area contributed by atoms with Crippen LogP contribution in [0, 0.1) is 11.8 Å². The second kappa shape index (κ2) is 6.21. The summed E-state index contributed by atoms with van der Waals surface area (Å²) in [6.07, 6.45) is 9.19. The Bertz CT molecular complexity index is 1250. The number of fused-ring (bicyclic) bond motifs is 4. The minimum Gasteiger partial charge on any atom is -0.0808 e. The predicted molar refractivity (Wildman–Crippen MR) is 119 cm³/mol. The zero-order valence-electron chi connectivity index (χ0n) is 15.8. The van der Waals surface area contributed by atoms with Gasteiger partial charge >= 0.3 is 0 Å². The molecule has 0 amide bonds. The molecule has 0 aromatic heterocycles. The third-order valence-electron chi connectivity index (χ3n) is 6.38. The average molecular weight is 358 g/mol. The van der Waals surface area contributed by atoms with Crippen LogP contribution in [0.25, 0.3) is 27.1 Å². The highest BCUT2D eigenvalue weighted by Crippen LogP contribution is 2.51. The lowest BCUT2D eigenvalue weighted by atomic mass is 9.94. The molecule has 2 atom stereocenters. The van der Waals surface area contributed by atoms with E-state index in [1.807, 2.05) is 0 Å². The standard InChI is InChI=1S/C28H22/c1-2-6-25-21(4-1)14-15-23-13-10-20(17-27(23)25)16-19-8-11-22(12-9-19)26-7-3-5-24-18-28(24)26/h1-15,17,24,28H,16,18H2. The fraction of sp³-hybridized carbons (Fsp3) is 0.143. The summed E-state index contributed by atoms with van der Waals surface area (Å²) in [5.74, 6) is 1.57. The molecule has 2 aliphatic rings. The zero-order chi connectivity index (χ0) is 18.5. The molecule has 4 aromatic rings. The maximum absolute atomic E-state index is 2.37. The van der Waals surface area contributed by atoms with E-state index in [-0.39, 0.29) is 0 Å². The zero-order valence-corrected chi connectivity index (χ0v) is 15.8. The van der Waals surface area contributed by atoms with Crippen LogP contribution in [0.5, 0.6) is 0 Å². The summed E-state index contributed by atoms with van der Waals surface area (Å²) in [6.45, 7) is 0. The van der Waals surface area contributed by atoms with E-state index in [9.17, 15) is 0 Å². The summed E-state index contributed by atoms with van der Waals surface area (Å²) < 4.78 is 0. The molecule has 6 rings (SSSR count). The lowest BCUT2D eigenvalue weighted by molar-refractivity contribution is 0.998. The van der Waals surface area contributed by atoms with Crippen LogP contribution in [0.4, 0.5) is 0 Å². The molecular weight excluding hydrogens is 336 g/mol. The number of rotatable bonds is 3. The molecule has 28 heavy (non-hydrogen) atoms. The van der Waals surface area contributed by atoms with E-state index in [1.165, 1.54) is 50.2 Å². The fourth-order valence-corrected chi connectivity index (χ4v) is 4.73. The van der Waals surface area contributed by atoms with E-state index in [1.54, 1.807) is 0 Å². The topological polar surface area (TPSA) is 0 Å². The number of hydrogen-bond donors (Lipinski definition) is 0. The van der Waals surface area contributed by atoms with Crippen molar-refractivity contribution in [3.8, 4) is 0 Å². The quantitative estimate of drug-likeness (QED) is 0.340. The van der Waals surface area contributed by atoms with Gasteiger partial charge in [0, 0.05) is 0 Å². The number of hydrogen-bond acceptors (Lipinski definition) is 0.